The van der Waals surface area contributed by atoms with Crippen LogP contribution < -0.4 is 10.1 Å². The summed E-state index contributed by atoms with van der Waals surface area (Å²) < 4.78 is 5.23. The van der Waals surface area contributed by atoms with Crippen LogP contribution in [0.3, 0.4) is 0 Å². The molecule has 1 aromatic rings. The number of hydrogen-bond acceptors (Lipinski definition) is 2. The van der Waals surface area contributed by atoms with Gasteiger partial charge < -0.3 is 10.1 Å². The normalized spacial score (nSPS) is 17.9. The van der Waals surface area contributed by atoms with Crippen molar-refractivity contribution >= 4 is 23.2 Å². The Bertz CT molecular complexity index is 460. The predicted molar refractivity (Wildman–Crippen MR) is 85.9 cm³/mol. The van der Waals surface area contributed by atoms with Gasteiger partial charge in [0.2, 0.25) is 0 Å². The van der Waals surface area contributed by atoms with E-state index in [0.29, 0.717) is 16.7 Å². The largest absolute Gasteiger partial charge is 0.495 e. The first kappa shape index (κ1) is 15.9. The molecule has 2 atom stereocenters. The maximum Gasteiger partial charge on any atom is 0.138 e. The number of benzene rings is 1. The lowest BCUT2D eigenvalue weighted by atomic mass is 9.90. The van der Waals surface area contributed by atoms with Gasteiger partial charge in [-0.05, 0) is 49.3 Å². The Kier molecular flexibility index (Phi) is 5.59. The van der Waals surface area contributed by atoms with E-state index in [0.717, 1.165) is 29.5 Å². The summed E-state index contributed by atoms with van der Waals surface area (Å²) in [7, 11) is 1.61. The molecule has 1 aromatic carbocycles. The zero-order valence-electron chi connectivity index (χ0n) is 12.4. The number of rotatable bonds is 7. The zero-order chi connectivity index (χ0) is 14.7. The van der Waals surface area contributed by atoms with Crippen LogP contribution in [0, 0.1) is 11.8 Å². The third kappa shape index (κ3) is 3.60. The SMILES string of the molecule is CCCNC(c1cc(Cl)c(OC)cc1Cl)C(C)C1CC1. The summed E-state index contributed by atoms with van der Waals surface area (Å²) in [6, 6.07) is 4.03. The standard InChI is InChI=1S/C16H23Cl2NO/c1-4-7-19-16(10(2)11-5-6-11)12-8-14(18)15(20-3)9-13(12)17/h8-11,16,19H,4-7H2,1-3H3. The third-order valence-electron chi connectivity index (χ3n) is 4.11. The maximum atomic E-state index is 6.44. The minimum Gasteiger partial charge on any atom is -0.495 e. The zero-order valence-corrected chi connectivity index (χ0v) is 13.9. The number of halogens is 2. The summed E-state index contributed by atoms with van der Waals surface area (Å²) in [4.78, 5) is 0. The molecule has 1 fully saturated rings. The molecule has 1 saturated carbocycles. The molecular formula is C16H23Cl2NO. The van der Waals surface area contributed by atoms with Crippen molar-refractivity contribution in [3.63, 3.8) is 0 Å². The fraction of sp³-hybridized carbons (Fsp3) is 0.625. The quantitative estimate of drug-likeness (QED) is 0.756. The minimum absolute atomic E-state index is 0.262. The Morgan fingerprint density at radius 2 is 2.00 bits per heavy atom. The van der Waals surface area contributed by atoms with E-state index in [1.165, 1.54) is 12.8 Å². The summed E-state index contributed by atoms with van der Waals surface area (Å²) in [5, 5.41) is 4.98. The Morgan fingerprint density at radius 1 is 1.30 bits per heavy atom. The van der Waals surface area contributed by atoms with Gasteiger partial charge in [-0.25, -0.2) is 0 Å². The molecular weight excluding hydrogens is 293 g/mol. The van der Waals surface area contributed by atoms with Gasteiger partial charge in [0.1, 0.15) is 5.75 Å². The van der Waals surface area contributed by atoms with Gasteiger partial charge in [0.15, 0.2) is 0 Å². The van der Waals surface area contributed by atoms with E-state index in [2.05, 4.69) is 19.2 Å². The van der Waals surface area contributed by atoms with E-state index in [9.17, 15) is 0 Å². The molecule has 1 aliphatic rings. The molecule has 1 aliphatic carbocycles. The average Bonchev–Trinajstić information content (AvgIpc) is 3.26. The molecule has 2 rings (SSSR count). The van der Waals surface area contributed by atoms with Gasteiger partial charge in [-0.1, -0.05) is 37.0 Å². The predicted octanol–water partition coefficient (Wildman–Crippen LogP) is 5.09. The summed E-state index contributed by atoms with van der Waals surface area (Å²) in [6.45, 7) is 5.47. The van der Waals surface area contributed by atoms with Crippen molar-refractivity contribution < 1.29 is 4.74 Å². The van der Waals surface area contributed by atoms with E-state index in [4.69, 9.17) is 27.9 Å². The molecule has 0 bridgehead atoms. The van der Waals surface area contributed by atoms with E-state index in [1.54, 1.807) is 7.11 Å². The van der Waals surface area contributed by atoms with Crippen molar-refractivity contribution in [2.24, 2.45) is 11.8 Å². The van der Waals surface area contributed by atoms with Crippen LogP contribution in [0.15, 0.2) is 12.1 Å². The van der Waals surface area contributed by atoms with Gasteiger partial charge in [-0.3, -0.25) is 0 Å². The van der Waals surface area contributed by atoms with Gasteiger partial charge in [-0.15, -0.1) is 0 Å². The summed E-state index contributed by atoms with van der Waals surface area (Å²) in [5.41, 5.74) is 1.09. The highest BCUT2D eigenvalue weighted by Gasteiger charge is 2.34. The lowest BCUT2D eigenvalue weighted by molar-refractivity contribution is 0.349. The van der Waals surface area contributed by atoms with Gasteiger partial charge in [0, 0.05) is 17.1 Å². The molecule has 0 amide bonds. The van der Waals surface area contributed by atoms with Gasteiger partial charge >= 0.3 is 0 Å². The van der Waals surface area contributed by atoms with Crippen LogP contribution in [0.1, 0.15) is 44.7 Å². The minimum atomic E-state index is 0.262. The van der Waals surface area contributed by atoms with Gasteiger partial charge in [0.25, 0.3) is 0 Å². The first-order valence-electron chi connectivity index (χ1n) is 7.34. The molecule has 112 valence electrons. The molecule has 2 unspecified atom stereocenters. The Hall–Kier alpha value is -0.440. The Balaban J connectivity index is 2.29. The summed E-state index contributed by atoms with van der Waals surface area (Å²) in [5.74, 6) is 2.01. The summed E-state index contributed by atoms with van der Waals surface area (Å²) >= 11 is 12.7. The van der Waals surface area contributed by atoms with Gasteiger partial charge in [0.05, 0.1) is 12.1 Å². The van der Waals surface area contributed by atoms with E-state index in [-0.39, 0.29) is 6.04 Å². The number of hydrogen-bond donors (Lipinski definition) is 1. The van der Waals surface area contributed by atoms with Crippen LogP contribution >= 0.6 is 23.2 Å². The fourth-order valence-electron chi connectivity index (χ4n) is 2.71. The first-order valence-corrected chi connectivity index (χ1v) is 8.10. The van der Waals surface area contributed by atoms with Crippen LogP contribution in [0.2, 0.25) is 10.0 Å². The maximum absolute atomic E-state index is 6.44. The monoisotopic (exact) mass is 315 g/mol. The van der Waals surface area contributed by atoms with Crippen molar-refractivity contribution in [1.29, 1.82) is 0 Å². The highest BCUT2D eigenvalue weighted by Crippen LogP contribution is 2.45. The second-order valence-corrected chi connectivity index (χ2v) is 6.45. The molecule has 20 heavy (non-hydrogen) atoms. The molecule has 0 aliphatic heterocycles. The van der Waals surface area contributed by atoms with Crippen LogP contribution in [0.25, 0.3) is 0 Å². The number of ether oxygens (including phenoxy) is 1. The van der Waals surface area contributed by atoms with E-state index < -0.39 is 0 Å². The summed E-state index contributed by atoms with van der Waals surface area (Å²) in [6.07, 6.45) is 3.76. The fourth-order valence-corrected chi connectivity index (χ4v) is 3.23. The smallest absolute Gasteiger partial charge is 0.138 e. The lowest BCUT2D eigenvalue weighted by Crippen LogP contribution is -2.29. The average molecular weight is 316 g/mol. The van der Waals surface area contributed by atoms with Crippen molar-refractivity contribution in [2.45, 2.75) is 39.2 Å². The van der Waals surface area contributed by atoms with Crippen LogP contribution in [0.4, 0.5) is 0 Å². The van der Waals surface area contributed by atoms with Crippen LogP contribution in [0.5, 0.6) is 5.75 Å². The number of methoxy groups -OCH3 is 1. The second-order valence-electron chi connectivity index (χ2n) is 5.64. The molecule has 0 aromatic heterocycles. The van der Waals surface area contributed by atoms with Crippen molar-refractivity contribution in [1.82, 2.24) is 5.32 Å². The van der Waals surface area contributed by atoms with Gasteiger partial charge in [-0.2, -0.15) is 0 Å². The molecule has 2 nitrogen and oxygen atoms in total. The molecule has 1 N–H and O–H groups in total. The van der Waals surface area contributed by atoms with Crippen molar-refractivity contribution in [3.05, 3.63) is 27.7 Å². The molecule has 0 heterocycles. The highest BCUT2D eigenvalue weighted by atomic mass is 35.5. The van der Waals surface area contributed by atoms with Crippen molar-refractivity contribution in [3.8, 4) is 5.75 Å². The second kappa shape index (κ2) is 7.02. The topological polar surface area (TPSA) is 21.3 Å². The highest BCUT2D eigenvalue weighted by molar-refractivity contribution is 6.34. The molecule has 0 spiro atoms. The molecule has 0 saturated heterocycles. The first-order chi connectivity index (χ1) is 9.58. The Labute approximate surface area is 131 Å². The van der Waals surface area contributed by atoms with E-state index >= 15 is 0 Å². The Morgan fingerprint density at radius 3 is 2.55 bits per heavy atom. The number of nitrogens with one attached hydrogen (secondary N) is 1. The van der Waals surface area contributed by atoms with E-state index in [1.807, 2.05) is 12.1 Å². The van der Waals surface area contributed by atoms with Crippen LogP contribution in [-0.4, -0.2) is 13.7 Å². The van der Waals surface area contributed by atoms with Crippen LogP contribution in [-0.2, 0) is 0 Å². The lowest BCUT2D eigenvalue weighted by Gasteiger charge is -2.27. The molecule has 4 heteroatoms. The molecule has 0 radical (unpaired) electrons. The third-order valence-corrected chi connectivity index (χ3v) is 4.73. The van der Waals surface area contributed by atoms with Crippen molar-refractivity contribution in [2.75, 3.05) is 13.7 Å².